The third-order valence-corrected chi connectivity index (χ3v) is 4.57. The van der Waals surface area contributed by atoms with E-state index in [9.17, 15) is 26.4 Å². The van der Waals surface area contributed by atoms with E-state index in [1.54, 1.807) is 0 Å². The molecule has 2 rings (SSSR count). The average Bonchev–Trinajstić information content (AvgIpc) is 2.88. The molecule has 1 saturated heterocycles. The van der Waals surface area contributed by atoms with Gasteiger partial charge in [-0.1, -0.05) is 0 Å². The Kier molecular flexibility index (Phi) is 4.85. The quantitative estimate of drug-likeness (QED) is 0.847. The van der Waals surface area contributed by atoms with E-state index in [1.807, 2.05) is 4.72 Å². The number of nitrogens with one attached hydrogen (secondary N) is 1. The lowest BCUT2D eigenvalue weighted by Crippen LogP contribution is -2.26. The molecule has 0 saturated carbocycles. The largest absolute Gasteiger partial charge is 0.478 e. The molecule has 1 aliphatic heterocycles. The van der Waals surface area contributed by atoms with Crippen LogP contribution in [0.1, 0.15) is 28.8 Å². The van der Waals surface area contributed by atoms with Crippen LogP contribution in [0.2, 0.25) is 0 Å². The van der Waals surface area contributed by atoms with Crippen molar-refractivity contribution in [2.24, 2.45) is 0 Å². The van der Waals surface area contributed by atoms with Crippen LogP contribution >= 0.6 is 0 Å². The van der Waals surface area contributed by atoms with Crippen LogP contribution in [0.3, 0.4) is 0 Å². The summed E-state index contributed by atoms with van der Waals surface area (Å²) in [6.07, 6.45) is -4.05. The molecule has 1 aromatic rings. The zero-order chi connectivity index (χ0) is 17.3. The molecule has 0 unspecified atom stereocenters. The fourth-order valence-electron chi connectivity index (χ4n) is 2.22. The summed E-state index contributed by atoms with van der Waals surface area (Å²) < 4.78 is 69.5. The molecular weight excluding hydrogens is 339 g/mol. The zero-order valence-electron chi connectivity index (χ0n) is 11.8. The molecule has 0 aliphatic carbocycles. The second kappa shape index (κ2) is 6.36. The fraction of sp³-hybridized carbons (Fsp3) is 0.462. The molecule has 0 spiro atoms. The van der Waals surface area contributed by atoms with Crippen molar-refractivity contribution in [2.75, 3.05) is 17.1 Å². The minimum absolute atomic E-state index is 0.397. The minimum atomic E-state index is -4.79. The van der Waals surface area contributed by atoms with Gasteiger partial charge in [0.15, 0.2) is 0 Å². The van der Waals surface area contributed by atoms with Crippen LogP contribution in [-0.4, -0.2) is 38.0 Å². The molecule has 0 aromatic heterocycles. The highest BCUT2D eigenvalue weighted by Gasteiger charge is 2.32. The van der Waals surface area contributed by atoms with E-state index in [4.69, 9.17) is 9.84 Å². The molecular formula is C13H14F3NO5S. The van der Waals surface area contributed by atoms with Crippen LogP contribution in [0.4, 0.5) is 18.9 Å². The number of benzene rings is 1. The van der Waals surface area contributed by atoms with Crippen LogP contribution in [0, 0.1) is 0 Å². The summed E-state index contributed by atoms with van der Waals surface area (Å²) in [5.74, 6) is -1.98. The zero-order valence-corrected chi connectivity index (χ0v) is 12.6. The predicted molar refractivity (Wildman–Crippen MR) is 74.8 cm³/mol. The highest BCUT2D eigenvalue weighted by molar-refractivity contribution is 7.92. The van der Waals surface area contributed by atoms with Gasteiger partial charge in [0.1, 0.15) is 0 Å². The Morgan fingerprint density at radius 1 is 1.35 bits per heavy atom. The number of aromatic carboxylic acids is 1. The summed E-state index contributed by atoms with van der Waals surface area (Å²) in [6, 6.07) is 1.84. The molecule has 2 N–H and O–H groups in total. The summed E-state index contributed by atoms with van der Waals surface area (Å²) in [4.78, 5) is 10.9. The van der Waals surface area contributed by atoms with Gasteiger partial charge in [0.2, 0.25) is 10.0 Å². The molecule has 10 heteroatoms. The summed E-state index contributed by atoms with van der Waals surface area (Å²) >= 11 is 0. The fourth-order valence-corrected chi connectivity index (χ4v) is 3.53. The van der Waals surface area contributed by atoms with Gasteiger partial charge >= 0.3 is 12.1 Å². The van der Waals surface area contributed by atoms with E-state index in [-0.39, 0.29) is 0 Å². The molecule has 0 radical (unpaired) electrons. The second-order valence-corrected chi connectivity index (χ2v) is 6.89. The van der Waals surface area contributed by atoms with Gasteiger partial charge in [-0.3, -0.25) is 4.72 Å². The number of carboxylic acids is 1. The number of anilines is 1. The Labute approximate surface area is 130 Å². The monoisotopic (exact) mass is 353 g/mol. The summed E-state index contributed by atoms with van der Waals surface area (Å²) in [6.45, 7) is 0.437. The maximum atomic E-state index is 12.8. The van der Waals surface area contributed by atoms with Crippen molar-refractivity contribution < 1.29 is 36.2 Å². The number of carboxylic acid groups (broad SMARTS) is 1. The predicted octanol–water partition coefficient (Wildman–Crippen LogP) is 2.32. The number of sulfonamides is 1. The Hall–Kier alpha value is -1.81. The lowest BCUT2D eigenvalue weighted by atomic mass is 10.1. The Morgan fingerprint density at radius 3 is 2.57 bits per heavy atom. The number of ether oxygens (including phenoxy) is 1. The van der Waals surface area contributed by atoms with E-state index in [0.717, 1.165) is 6.07 Å². The molecule has 6 nitrogen and oxygen atoms in total. The summed E-state index contributed by atoms with van der Waals surface area (Å²) in [5, 5.41) is 8.86. The van der Waals surface area contributed by atoms with Crippen LogP contribution in [0.5, 0.6) is 0 Å². The van der Waals surface area contributed by atoms with Crippen LogP contribution in [0.25, 0.3) is 0 Å². The van der Waals surface area contributed by atoms with Crippen LogP contribution in [0.15, 0.2) is 18.2 Å². The smallest absolute Gasteiger partial charge is 0.416 e. The number of halogens is 3. The van der Waals surface area contributed by atoms with Crippen molar-refractivity contribution in [3.05, 3.63) is 29.3 Å². The summed E-state index contributed by atoms with van der Waals surface area (Å²) in [7, 11) is -3.96. The lowest BCUT2D eigenvalue weighted by molar-refractivity contribution is -0.137. The first-order chi connectivity index (χ1) is 10.6. The molecule has 0 amide bonds. The molecule has 1 aromatic carbocycles. The number of hydrogen-bond donors (Lipinski definition) is 2. The highest BCUT2D eigenvalue weighted by Crippen LogP contribution is 2.32. The average molecular weight is 353 g/mol. The van der Waals surface area contributed by atoms with Gasteiger partial charge in [-0.05, 0) is 31.0 Å². The number of carbonyl (C=O) groups is 1. The first-order valence-electron chi connectivity index (χ1n) is 6.64. The maximum Gasteiger partial charge on any atom is 0.416 e. The standard InChI is InChI=1S/C13H14F3NO5S/c14-13(15,16)9-4-8(12(18)19)5-10(6-9)17-23(20,21)7-11-2-1-3-22-11/h4-6,11,17H,1-3,7H2,(H,18,19)/t11-/m1/s1. The van der Waals surface area contributed by atoms with E-state index < -0.39 is 50.8 Å². The second-order valence-electron chi connectivity index (χ2n) is 5.12. The Balaban J connectivity index is 2.27. The molecule has 1 atom stereocenters. The third-order valence-electron chi connectivity index (χ3n) is 3.21. The molecule has 0 bridgehead atoms. The third kappa shape index (κ3) is 4.83. The van der Waals surface area contributed by atoms with Crippen molar-refractivity contribution in [3.63, 3.8) is 0 Å². The topological polar surface area (TPSA) is 92.7 Å². The first-order valence-corrected chi connectivity index (χ1v) is 8.30. The number of alkyl halides is 3. The van der Waals surface area contributed by atoms with Gasteiger partial charge in [0.25, 0.3) is 0 Å². The van der Waals surface area contributed by atoms with Crippen molar-refractivity contribution in [1.82, 2.24) is 0 Å². The first kappa shape index (κ1) is 17.5. The van der Waals surface area contributed by atoms with E-state index >= 15 is 0 Å². The van der Waals surface area contributed by atoms with Gasteiger partial charge in [-0.15, -0.1) is 0 Å². The Bertz CT molecular complexity index is 696. The van der Waals surface area contributed by atoms with Crippen molar-refractivity contribution >= 4 is 21.7 Å². The Morgan fingerprint density at radius 2 is 2.04 bits per heavy atom. The van der Waals surface area contributed by atoms with Crippen molar-refractivity contribution in [1.29, 1.82) is 0 Å². The SMILES string of the molecule is O=C(O)c1cc(NS(=O)(=O)C[C@H]2CCCO2)cc(C(F)(F)F)c1. The summed E-state index contributed by atoms with van der Waals surface area (Å²) in [5.41, 5.74) is -2.35. The lowest BCUT2D eigenvalue weighted by Gasteiger charge is -2.14. The molecule has 1 aliphatic rings. The van der Waals surface area contributed by atoms with E-state index in [1.165, 1.54) is 0 Å². The van der Waals surface area contributed by atoms with Gasteiger partial charge in [0, 0.05) is 12.3 Å². The van der Waals surface area contributed by atoms with Crippen molar-refractivity contribution in [2.45, 2.75) is 25.1 Å². The van der Waals surface area contributed by atoms with Gasteiger partial charge in [-0.2, -0.15) is 13.2 Å². The van der Waals surface area contributed by atoms with Crippen molar-refractivity contribution in [3.8, 4) is 0 Å². The van der Waals surface area contributed by atoms with E-state index in [2.05, 4.69) is 0 Å². The van der Waals surface area contributed by atoms with Crippen LogP contribution in [-0.2, 0) is 20.9 Å². The van der Waals surface area contributed by atoms with Gasteiger partial charge < -0.3 is 9.84 Å². The normalized spacial score (nSPS) is 18.8. The van der Waals surface area contributed by atoms with E-state index in [0.29, 0.717) is 31.6 Å². The number of hydrogen-bond acceptors (Lipinski definition) is 4. The highest BCUT2D eigenvalue weighted by atomic mass is 32.2. The van der Waals surface area contributed by atoms with Crippen LogP contribution < -0.4 is 4.72 Å². The molecule has 23 heavy (non-hydrogen) atoms. The maximum absolute atomic E-state index is 12.8. The van der Waals surface area contributed by atoms with Gasteiger partial charge in [-0.25, -0.2) is 13.2 Å². The molecule has 128 valence electrons. The van der Waals surface area contributed by atoms with Gasteiger partial charge in [0.05, 0.1) is 23.0 Å². The minimum Gasteiger partial charge on any atom is -0.478 e. The molecule has 1 heterocycles. The molecule has 1 fully saturated rings. The number of rotatable bonds is 5.